The zero-order chi connectivity index (χ0) is 20.0. The van der Waals surface area contributed by atoms with E-state index in [4.69, 9.17) is 4.74 Å². The van der Waals surface area contributed by atoms with Gasteiger partial charge in [-0.25, -0.2) is 4.98 Å². The van der Waals surface area contributed by atoms with Crippen LogP contribution in [0.3, 0.4) is 0 Å². The topological polar surface area (TPSA) is 45.7 Å². The summed E-state index contributed by atoms with van der Waals surface area (Å²) in [5, 5.41) is 0. The molecule has 5 unspecified atom stereocenters. The number of carbonyl (C=O) groups excluding carboxylic acids is 1. The number of pyridine rings is 1. The first kappa shape index (κ1) is 19.1. The van der Waals surface area contributed by atoms with E-state index in [2.05, 4.69) is 34.4 Å². The lowest BCUT2D eigenvalue weighted by Crippen LogP contribution is -2.50. The Hall–Kier alpha value is -1.88. The average Bonchev–Trinajstić information content (AvgIpc) is 3.01. The third-order valence-corrected chi connectivity index (χ3v) is 8.12. The first-order chi connectivity index (χ1) is 14.0. The number of rotatable bonds is 3. The van der Waals surface area contributed by atoms with Gasteiger partial charge in [0.25, 0.3) is 0 Å². The molecule has 4 aliphatic rings. The lowest BCUT2D eigenvalue weighted by atomic mass is 9.55. The van der Waals surface area contributed by atoms with Gasteiger partial charge in [-0.2, -0.15) is 0 Å². The highest BCUT2D eigenvalue weighted by molar-refractivity contribution is 5.75. The fourth-order valence-corrected chi connectivity index (χ4v) is 6.44. The lowest BCUT2D eigenvalue weighted by molar-refractivity contribution is -0.146. The van der Waals surface area contributed by atoms with Crippen molar-refractivity contribution in [3.63, 3.8) is 0 Å². The maximum atomic E-state index is 12.8. The van der Waals surface area contributed by atoms with Crippen LogP contribution in [0.4, 0.5) is 5.82 Å². The molecule has 2 aliphatic heterocycles. The molecular formula is C24H33N3O2. The lowest BCUT2D eigenvalue weighted by Gasteiger charge is -2.50. The van der Waals surface area contributed by atoms with E-state index in [1.54, 1.807) is 0 Å². The summed E-state index contributed by atoms with van der Waals surface area (Å²) in [5.41, 5.74) is 1.69. The summed E-state index contributed by atoms with van der Waals surface area (Å²) < 4.78 is 5.94. The fraction of sp³-hybridized carbons (Fsp3) is 0.667. The molecule has 2 aliphatic carbocycles. The van der Waals surface area contributed by atoms with Gasteiger partial charge in [0.05, 0.1) is 5.92 Å². The number of piperazine rings is 1. The molecule has 1 aromatic rings. The Kier molecular flexibility index (Phi) is 4.89. The molecule has 5 rings (SSSR count). The Labute approximate surface area is 174 Å². The van der Waals surface area contributed by atoms with Crippen molar-refractivity contribution < 1.29 is 9.53 Å². The summed E-state index contributed by atoms with van der Waals surface area (Å²) in [6, 6.07) is 6.07. The second kappa shape index (κ2) is 7.42. The van der Waals surface area contributed by atoms with Gasteiger partial charge in [-0.1, -0.05) is 25.1 Å². The van der Waals surface area contributed by atoms with Crippen LogP contribution in [-0.2, 0) is 9.53 Å². The zero-order valence-electron chi connectivity index (χ0n) is 17.6. The molecule has 5 nitrogen and oxygen atoms in total. The molecule has 3 heterocycles. The summed E-state index contributed by atoms with van der Waals surface area (Å²) in [6.07, 6.45) is 7.73. The van der Waals surface area contributed by atoms with E-state index in [1.165, 1.54) is 18.4 Å². The third kappa shape index (κ3) is 3.48. The molecule has 0 amide bonds. The van der Waals surface area contributed by atoms with Crippen LogP contribution in [0.5, 0.6) is 0 Å². The normalized spacial score (nSPS) is 37.8. The maximum Gasteiger partial charge on any atom is 0.310 e. The molecule has 5 heteroatoms. The van der Waals surface area contributed by atoms with Gasteiger partial charge in [0.1, 0.15) is 11.9 Å². The molecule has 0 spiro atoms. The molecule has 29 heavy (non-hydrogen) atoms. The van der Waals surface area contributed by atoms with Gasteiger partial charge < -0.3 is 9.64 Å². The predicted molar refractivity (Wildman–Crippen MR) is 114 cm³/mol. The number of hydrogen-bond donors (Lipinski definition) is 0. The van der Waals surface area contributed by atoms with E-state index in [0.29, 0.717) is 11.8 Å². The number of allylic oxidation sites excluding steroid dienone is 1. The van der Waals surface area contributed by atoms with Crippen LogP contribution in [-0.4, -0.2) is 54.7 Å². The van der Waals surface area contributed by atoms with E-state index in [1.807, 2.05) is 18.3 Å². The second-order valence-corrected chi connectivity index (χ2v) is 9.88. The van der Waals surface area contributed by atoms with Crippen LogP contribution < -0.4 is 4.90 Å². The van der Waals surface area contributed by atoms with E-state index >= 15 is 0 Å². The first-order valence-electron chi connectivity index (χ1n) is 11.3. The SMILES string of the molecule is C=C1CCCC2(C)CC3OC(=O)C(CN4CCN(c5ccccn5)CC4)C3CC12. The van der Waals surface area contributed by atoms with Crippen LogP contribution in [0.1, 0.15) is 39.0 Å². The van der Waals surface area contributed by atoms with E-state index in [0.717, 1.165) is 57.8 Å². The Bertz CT molecular complexity index is 774. The monoisotopic (exact) mass is 395 g/mol. The molecule has 156 valence electrons. The summed E-state index contributed by atoms with van der Waals surface area (Å²) in [4.78, 5) is 22.1. The van der Waals surface area contributed by atoms with E-state index in [9.17, 15) is 4.79 Å². The number of nitrogens with zero attached hydrogens (tertiary/aromatic N) is 3. The number of ether oxygens (including phenoxy) is 1. The highest BCUT2D eigenvalue weighted by Crippen LogP contribution is 2.56. The molecule has 2 saturated carbocycles. The van der Waals surface area contributed by atoms with Crippen molar-refractivity contribution in [2.75, 3.05) is 37.6 Å². The first-order valence-corrected chi connectivity index (χ1v) is 11.3. The molecule has 0 N–H and O–H groups in total. The number of hydrogen-bond acceptors (Lipinski definition) is 5. The van der Waals surface area contributed by atoms with Crippen molar-refractivity contribution in [3.05, 3.63) is 36.5 Å². The molecule has 5 atom stereocenters. The van der Waals surface area contributed by atoms with Crippen molar-refractivity contribution in [2.45, 2.75) is 45.1 Å². The highest BCUT2D eigenvalue weighted by atomic mass is 16.6. The molecule has 2 saturated heterocycles. The van der Waals surface area contributed by atoms with Crippen molar-refractivity contribution in [3.8, 4) is 0 Å². The number of esters is 1. The van der Waals surface area contributed by atoms with Crippen LogP contribution in [0, 0.1) is 23.2 Å². The summed E-state index contributed by atoms with van der Waals surface area (Å²) in [6.45, 7) is 11.5. The Morgan fingerprint density at radius 2 is 2.10 bits per heavy atom. The molecule has 0 aromatic carbocycles. The van der Waals surface area contributed by atoms with Gasteiger partial charge in [0.2, 0.25) is 0 Å². The molecule has 4 fully saturated rings. The van der Waals surface area contributed by atoms with E-state index in [-0.39, 0.29) is 23.4 Å². The van der Waals surface area contributed by atoms with Gasteiger partial charge >= 0.3 is 5.97 Å². The van der Waals surface area contributed by atoms with Crippen LogP contribution >= 0.6 is 0 Å². The van der Waals surface area contributed by atoms with Crippen molar-refractivity contribution in [1.29, 1.82) is 0 Å². The van der Waals surface area contributed by atoms with Gasteiger partial charge in [-0.15, -0.1) is 0 Å². The van der Waals surface area contributed by atoms with Gasteiger partial charge in [0.15, 0.2) is 0 Å². The minimum Gasteiger partial charge on any atom is -0.462 e. The molecule has 0 radical (unpaired) electrons. The zero-order valence-corrected chi connectivity index (χ0v) is 17.6. The number of aromatic nitrogens is 1. The molecule has 0 bridgehead atoms. The summed E-state index contributed by atoms with van der Waals surface area (Å²) in [7, 11) is 0. The quantitative estimate of drug-likeness (QED) is 0.579. The van der Waals surface area contributed by atoms with Crippen molar-refractivity contribution in [2.24, 2.45) is 23.2 Å². The third-order valence-electron chi connectivity index (χ3n) is 8.12. The predicted octanol–water partition coefficient (Wildman–Crippen LogP) is 3.52. The summed E-state index contributed by atoms with van der Waals surface area (Å²) in [5.74, 6) is 2.05. The Morgan fingerprint density at radius 3 is 2.86 bits per heavy atom. The largest absolute Gasteiger partial charge is 0.462 e. The number of anilines is 1. The Morgan fingerprint density at radius 1 is 1.28 bits per heavy atom. The minimum atomic E-state index is 0.0284. The Balaban J connectivity index is 1.23. The van der Waals surface area contributed by atoms with Crippen LogP contribution in [0.15, 0.2) is 36.5 Å². The van der Waals surface area contributed by atoms with E-state index < -0.39 is 0 Å². The van der Waals surface area contributed by atoms with Gasteiger partial charge in [-0.05, 0) is 55.6 Å². The minimum absolute atomic E-state index is 0.0284. The molecule has 1 aromatic heterocycles. The molecular weight excluding hydrogens is 362 g/mol. The second-order valence-electron chi connectivity index (χ2n) is 9.88. The van der Waals surface area contributed by atoms with Crippen molar-refractivity contribution in [1.82, 2.24) is 9.88 Å². The number of carbonyl (C=O) groups is 1. The standard InChI is InChI=1S/C24H33N3O2/c1-17-6-5-8-24(2)15-21-18(14-20(17)24)19(23(28)29-21)16-26-10-12-27(13-11-26)22-7-3-4-9-25-22/h3-4,7,9,18-21H,1,5-6,8,10-16H2,2H3. The van der Waals surface area contributed by atoms with Crippen molar-refractivity contribution >= 4 is 11.8 Å². The average molecular weight is 396 g/mol. The maximum absolute atomic E-state index is 12.8. The number of fused-ring (bicyclic) bond motifs is 2. The summed E-state index contributed by atoms with van der Waals surface area (Å²) >= 11 is 0. The van der Waals surface area contributed by atoms with Crippen LogP contribution in [0.2, 0.25) is 0 Å². The van der Waals surface area contributed by atoms with Gasteiger partial charge in [-0.3, -0.25) is 9.69 Å². The highest BCUT2D eigenvalue weighted by Gasteiger charge is 2.55. The fourth-order valence-electron chi connectivity index (χ4n) is 6.44. The van der Waals surface area contributed by atoms with Crippen LogP contribution in [0.25, 0.3) is 0 Å². The smallest absolute Gasteiger partial charge is 0.310 e. The van der Waals surface area contributed by atoms with Gasteiger partial charge in [0, 0.05) is 44.8 Å².